The van der Waals surface area contributed by atoms with Gasteiger partial charge in [0.2, 0.25) is 0 Å². The van der Waals surface area contributed by atoms with E-state index >= 15 is 0 Å². The Hall–Kier alpha value is -3.36. The Morgan fingerprint density at radius 2 is 2.04 bits per heavy atom. The molecule has 1 heterocycles. The molecule has 0 bridgehead atoms. The number of phenolic OH excluding ortho intramolecular Hbond substituents is 1. The van der Waals surface area contributed by atoms with Crippen LogP contribution in [0.2, 0.25) is 0 Å². The number of aromatic hydroxyl groups is 1. The molecule has 0 unspecified atom stereocenters. The van der Waals surface area contributed by atoms with Gasteiger partial charge in [0.05, 0.1) is 11.5 Å². The minimum Gasteiger partial charge on any atom is -0.504 e. The van der Waals surface area contributed by atoms with Crippen molar-refractivity contribution in [2.45, 2.75) is 6.92 Å². The number of nitro groups is 1. The zero-order valence-electron chi connectivity index (χ0n) is 12.0. The fraction of sp³-hybridized carbons (Fsp3) is 0.143. The van der Waals surface area contributed by atoms with E-state index in [-0.39, 0.29) is 17.2 Å². The number of nitrogens with zero attached hydrogens (tertiary/aromatic N) is 1. The van der Waals surface area contributed by atoms with Crippen molar-refractivity contribution in [3.05, 3.63) is 60.4 Å². The second-order valence-electron chi connectivity index (χ2n) is 4.42. The molecule has 9 heteroatoms. The van der Waals surface area contributed by atoms with E-state index in [4.69, 9.17) is 4.74 Å². The summed E-state index contributed by atoms with van der Waals surface area (Å²) in [5.74, 6) is 0.211. The fourth-order valence-electron chi connectivity index (χ4n) is 1.88. The minimum absolute atomic E-state index is 0.0421. The van der Waals surface area contributed by atoms with Gasteiger partial charge in [-0.3, -0.25) is 19.9 Å². The number of rotatable bonds is 5. The van der Waals surface area contributed by atoms with Gasteiger partial charge in [-0.2, -0.15) is 0 Å². The van der Waals surface area contributed by atoms with Crippen LogP contribution in [0, 0.1) is 10.1 Å². The molecule has 0 saturated carbocycles. The lowest BCUT2D eigenvalue weighted by Gasteiger charge is -2.06. The third kappa shape index (κ3) is 3.64. The molecule has 0 aliphatic heterocycles. The normalized spacial score (nSPS) is 10.8. The van der Waals surface area contributed by atoms with Crippen molar-refractivity contribution in [2.24, 2.45) is 0 Å². The molecule has 0 amide bonds. The molecule has 2 rings (SSSR count). The molecule has 0 spiro atoms. The molecule has 1 aromatic carbocycles. The van der Waals surface area contributed by atoms with Crippen LogP contribution in [0.5, 0.6) is 11.5 Å². The topological polar surface area (TPSA) is 138 Å². The number of benzene rings is 1. The van der Waals surface area contributed by atoms with E-state index in [1.165, 1.54) is 24.3 Å². The molecular formula is C14H13N3O6. The van der Waals surface area contributed by atoms with E-state index in [1.54, 1.807) is 18.0 Å². The second-order valence-corrected chi connectivity index (χ2v) is 4.42. The quantitative estimate of drug-likeness (QED) is 0.560. The molecule has 23 heavy (non-hydrogen) atoms. The summed E-state index contributed by atoms with van der Waals surface area (Å²) in [7, 11) is 0. The molecule has 3 N–H and O–H groups in total. The Labute approximate surface area is 129 Å². The molecular weight excluding hydrogens is 306 g/mol. The average Bonchev–Trinajstić information content (AvgIpc) is 2.47. The van der Waals surface area contributed by atoms with Gasteiger partial charge in [-0.15, -0.1) is 0 Å². The standard InChI is InChI=1S/C14H13N3O6/c1-2-23-11-7-8(4-6-10(11)18)3-5-9-12(17(21)22)13(19)16-14(20)15-9/h3-7,18H,2H2,1H3,(H2,15,16,19,20). The number of H-pyrrole nitrogens is 2. The van der Waals surface area contributed by atoms with Crippen LogP contribution in [0.3, 0.4) is 0 Å². The first kappa shape index (κ1) is 16.0. The van der Waals surface area contributed by atoms with Gasteiger partial charge in [-0.05, 0) is 30.7 Å². The third-order valence-corrected chi connectivity index (χ3v) is 2.85. The Morgan fingerprint density at radius 1 is 1.30 bits per heavy atom. The highest BCUT2D eigenvalue weighted by Gasteiger charge is 2.18. The van der Waals surface area contributed by atoms with Crippen LogP contribution >= 0.6 is 0 Å². The highest BCUT2D eigenvalue weighted by atomic mass is 16.6. The van der Waals surface area contributed by atoms with E-state index < -0.39 is 21.9 Å². The predicted molar refractivity (Wildman–Crippen MR) is 82.5 cm³/mol. The van der Waals surface area contributed by atoms with E-state index in [2.05, 4.69) is 4.98 Å². The summed E-state index contributed by atoms with van der Waals surface area (Å²) < 4.78 is 5.22. The molecule has 1 aromatic heterocycles. The van der Waals surface area contributed by atoms with Crippen LogP contribution in [-0.2, 0) is 0 Å². The molecule has 0 aliphatic carbocycles. The summed E-state index contributed by atoms with van der Waals surface area (Å²) in [6.45, 7) is 2.11. The zero-order chi connectivity index (χ0) is 17.0. The van der Waals surface area contributed by atoms with Crippen LogP contribution in [0.4, 0.5) is 5.69 Å². The maximum absolute atomic E-state index is 11.5. The van der Waals surface area contributed by atoms with Crippen LogP contribution < -0.4 is 16.0 Å². The number of phenols is 1. The van der Waals surface area contributed by atoms with Gasteiger partial charge in [0.25, 0.3) is 0 Å². The van der Waals surface area contributed by atoms with Gasteiger partial charge >= 0.3 is 16.9 Å². The Kier molecular flexibility index (Phi) is 4.60. The van der Waals surface area contributed by atoms with Crippen LogP contribution in [0.15, 0.2) is 27.8 Å². The van der Waals surface area contributed by atoms with E-state index in [1.807, 2.05) is 0 Å². The van der Waals surface area contributed by atoms with E-state index in [9.17, 15) is 24.8 Å². The summed E-state index contributed by atoms with van der Waals surface area (Å²) in [6.07, 6.45) is 2.68. The Bertz CT molecular complexity index is 881. The van der Waals surface area contributed by atoms with Crippen molar-refractivity contribution in [3.63, 3.8) is 0 Å². The lowest BCUT2D eigenvalue weighted by molar-refractivity contribution is -0.386. The smallest absolute Gasteiger partial charge is 0.357 e. The van der Waals surface area contributed by atoms with E-state index in [0.29, 0.717) is 12.2 Å². The molecule has 120 valence electrons. The molecule has 0 saturated heterocycles. The number of nitrogens with one attached hydrogen (secondary N) is 2. The summed E-state index contributed by atoms with van der Waals surface area (Å²) in [5, 5.41) is 20.5. The van der Waals surface area contributed by atoms with Crippen molar-refractivity contribution < 1.29 is 14.8 Å². The van der Waals surface area contributed by atoms with Crippen molar-refractivity contribution in [3.8, 4) is 11.5 Å². The monoisotopic (exact) mass is 319 g/mol. The molecule has 0 radical (unpaired) electrons. The average molecular weight is 319 g/mol. The van der Waals surface area contributed by atoms with Crippen LogP contribution in [-0.4, -0.2) is 26.6 Å². The lowest BCUT2D eigenvalue weighted by atomic mass is 10.1. The van der Waals surface area contributed by atoms with Crippen LogP contribution in [0.1, 0.15) is 18.2 Å². The van der Waals surface area contributed by atoms with Gasteiger partial charge in [0.1, 0.15) is 5.69 Å². The summed E-state index contributed by atoms with van der Waals surface area (Å²) in [4.78, 5) is 36.8. The highest BCUT2D eigenvalue weighted by Crippen LogP contribution is 2.27. The number of ether oxygens (including phenoxy) is 1. The molecule has 0 aliphatic rings. The fourth-order valence-corrected chi connectivity index (χ4v) is 1.88. The first-order chi connectivity index (χ1) is 10.9. The van der Waals surface area contributed by atoms with Crippen LogP contribution in [0.25, 0.3) is 12.2 Å². The maximum atomic E-state index is 11.5. The first-order valence-corrected chi connectivity index (χ1v) is 6.57. The second kappa shape index (κ2) is 6.60. The summed E-state index contributed by atoms with van der Waals surface area (Å²) >= 11 is 0. The number of hydrogen-bond acceptors (Lipinski definition) is 6. The lowest BCUT2D eigenvalue weighted by Crippen LogP contribution is -2.25. The SMILES string of the molecule is CCOc1cc(C=Cc2[nH]c(=O)[nH]c(=O)c2[N+](=O)[O-])ccc1O. The van der Waals surface area contributed by atoms with E-state index in [0.717, 1.165) is 0 Å². The Morgan fingerprint density at radius 3 is 2.70 bits per heavy atom. The largest absolute Gasteiger partial charge is 0.504 e. The number of hydrogen-bond donors (Lipinski definition) is 3. The van der Waals surface area contributed by atoms with Crippen molar-refractivity contribution in [1.82, 2.24) is 9.97 Å². The van der Waals surface area contributed by atoms with Crippen molar-refractivity contribution >= 4 is 17.8 Å². The number of aromatic nitrogens is 2. The molecule has 0 atom stereocenters. The first-order valence-electron chi connectivity index (χ1n) is 6.57. The Balaban J connectivity index is 2.45. The summed E-state index contributed by atoms with van der Waals surface area (Å²) in [6, 6.07) is 4.47. The summed E-state index contributed by atoms with van der Waals surface area (Å²) in [5.41, 5.74) is -2.36. The number of aromatic amines is 2. The molecule has 0 fully saturated rings. The van der Waals surface area contributed by atoms with Gasteiger partial charge in [0, 0.05) is 0 Å². The zero-order valence-corrected chi connectivity index (χ0v) is 12.0. The van der Waals surface area contributed by atoms with Gasteiger partial charge < -0.3 is 14.8 Å². The minimum atomic E-state index is -1.08. The highest BCUT2D eigenvalue weighted by molar-refractivity contribution is 5.72. The maximum Gasteiger partial charge on any atom is 0.357 e. The van der Waals surface area contributed by atoms with Gasteiger partial charge in [-0.25, -0.2) is 4.79 Å². The van der Waals surface area contributed by atoms with Crippen molar-refractivity contribution in [2.75, 3.05) is 6.61 Å². The third-order valence-electron chi connectivity index (χ3n) is 2.85. The molecule has 9 nitrogen and oxygen atoms in total. The van der Waals surface area contributed by atoms with Gasteiger partial charge in [-0.1, -0.05) is 12.1 Å². The van der Waals surface area contributed by atoms with Crippen molar-refractivity contribution in [1.29, 1.82) is 0 Å². The van der Waals surface area contributed by atoms with Gasteiger partial charge in [0.15, 0.2) is 11.5 Å². The predicted octanol–water partition coefficient (Wildman–Crippen LogP) is 1.25. The molecule has 2 aromatic rings.